The van der Waals surface area contributed by atoms with E-state index in [1.807, 2.05) is 32.3 Å². The number of hydrogen-bond acceptors (Lipinski definition) is 4. The fourth-order valence-corrected chi connectivity index (χ4v) is 2.93. The van der Waals surface area contributed by atoms with E-state index in [-0.39, 0.29) is 11.9 Å². The van der Waals surface area contributed by atoms with Crippen molar-refractivity contribution in [2.75, 3.05) is 14.1 Å². The molecule has 1 amide bonds. The van der Waals surface area contributed by atoms with E-state index in [1.54, 1.807) is 11.0 Å². The number of amides is 1. The summed E-state index contributed by atoms with van der Waals surface area (Å²) in [6.45, 7) is 7.81. The molecule has 5 nitrogen and oxygen atoms in total. The molecule has 136 valence electrons. The lowest BCUT2D eigenvalue weighted by Gasteiger charge is -2.25. The lowest BCUT2D eigenvalue weighted by atomic mass is 10.0. The largest absolute Gasteiger partial charge is 0.359 e. The maximum Gasteiger partial charge on any atom is 0.276 e. The Kier molecular flexibility index (Phi) is 6.76. The summed E-state index contributed by atoms with van der Waals surface area (Å²) in [4.78, 5) is 16.4. The van der Waals surface area contributed by atoms with Crippen LogP contribution in [-0.4, -0.2) is 41.0 Å². The van der Waals surface area contributed by atoms with Crippen molar-refractivity contribution in [1.82, 2.24) is 15.0 Å². The molecule has 2 aromatic rings. The second kappa shape index (κ2) is 8.81. The van der Waals surface area contributed by atoms with Crippen molar-refractivity contribution in [3.8, 4) is 0 Å². The minimum atomic E-state index is -0.0890. The average molecular weight is 343 g/mol. The zero-order valence-electron chi connectivity index (χ0n) is 15.9. The molecule has 1 aromatic carbocycles. The van der Waals surface area contributed by atoms with E-state index >= 15 is 0 Å². The van der Waals surface area contributed by atoms with E-state index < -0.39 is 0 Å². The molecule has 0 saturated carbocycles. The van der Waals surface area contributed by atoms with Crippen molar-refractivity contribution in [2.24, 2.45) is 5.92 Å². The lowest BCUT2D eigenvalue weighted by molar-refractivity contribution is 0.0717. The molecule has 1 atom stereocenters. The summed E-state index contributed by atoms with van der Waals surface area (Å²) < 4.78 is 5.37. The number of nitrogens with zero attached hydrogens (tertiary/aromatic N) is 3. The lowest BCUT2D eigenvalue weighted by Crippen LogP contribution is -2.36. The van der Waals surface area contributed by atoms with Gasteiger partial charge in [-0.1, -0.05) is 49.3 Å². The highest BCUT2D eigenvalue weighted by molar-refractivity contribution is 5.92. The van der Waals surface area contributed by atoms with Crippen LogP contribution in [0.4, 0.5) is 0 Å². The van der Waals surface area contributed by atoms with Gasteiger partial charge in [-0.3, -0.25) is 9.69 Å². The van der Waals surface area contributed by atoms with Gasteiger partial charge in [-0.25, -0.2) is 0 Å². The van der Waals surface area contributed by atoms with E-state index in [2.05, 4.69) is 43.0 Å². The highest BCUT2D eigenvalue weighted by Gasteiger charge is 2.22. The number of benzene rings is 1. The van der Waals surface area contributed by atoms with Crippen LogP contribution in [-0.2, 0) is 13.1 Å². The van der Waals surface area contributed by atoms with Gasteiger partial charge in [0.25, 0.3) is 5.91 Å². The second-order valence-electron chi connectivity index (χ2n) is 7.23. The van der Waals surface area contributed by atoms with E-state index in [4.69, 9.17) is 4.52 Å². The number of carbonyl (C=O) groups excluding carboxylic acids is 1. The van der Waals surface area contributed by atoms with Crippen LogP contribution in [0, 0.1) is 5.92 Å². The fraction of sp³-hybridized carbons (Fsp3) is 0.500. The van der Waals surface area contributed by atoms with Crippen LogP contribution in [0.25, 0.3) is 0 Å². The predicted molar refractivity (Wildman–Crippen MR) is 99.1 cm³/mol. The smallest absolute Gasteiger partial charge is 0.276 e. The summed E-state index contributed by atoms with van der Waals surface area (Å²) in [6, 6.07) is 12.2. The van der Waals surface area contributed by atoms with Gasteiger partial charge in [0.05, 0.1) is 6.54 Å². The number of rotatable bonds is 8. The van der Waals surface area contributed by atoms with Gasteiger partial charge in [0.15, 0.2) is 11.5 Å². The predicted octanol–water partition coefficient (Wildman–Crippen LogP) is 3.81. The van der Waals surface area contributed by atoms with Crippen molar-refractivity contribution in [1.29, 1.82) is 0 Å². The first kappa shape index (κ1) is 19.2. The molecule has 0 saturated heterocycles. The van der Waals surface area contributed by atoms with Crippen molar-refractivity contribution in [2.45, 2.75) is 46.3 Å². The van der Waals surface area contributed by atoms with Gasteiger partial charge < -0.3 is 9.42 Å². The minimum Gasteiger partial charge on any atom is -0.359 e. The van der Waals surface area contributed by atoms with Crippen LogP contribution in [0.1, 0.15) is 49.0 Å². The van der Waals surface area contributed by atoms with E-state index in [9.17, 15) is 4.79 Å². The molecule has 25 heavy (non-hydrogen) atoms. The molecule has 0 fully saturated rings. The first-order valence-electron chi connectivity index (χ1n) is 8.82. The number of hydrogen-bond donors (Lipinski definition) is 0. The molecule has 0 spiro atoms. The van der Waals surface area contributed by atoms with Crippen molar-refractivity contribution >= 4 is 5.91 Å². The summed E-state index contributed by atoms with van der Waals surface area (Å²) in [5.74, 6) is 1.16. The Morgan fingerprint density at radius 2 is 1.80 bits per heavy atom. The minimum absolute atomic E-state index is 0.0890. The van der Waals surface area contributed by atoms with Gasteiger partial charge in [0.2, 0.25) is 0 Å². The van der Waals surface area contributed by atoms with Gasteiger partial charge in [-0.05, 0) is 31.9 Å². The summed E-state index contributed by atoms with van der Waals surface area (Å²) in [5.41, 5.74) is 1.62. The molecule has 0 bridgehead atoms. The summed E-state index contributed by atoms with van der Waals surface area (Å²) >= 11 is 0. The molecule has 0 radical (unpaired) electrons. The third-order valence-corrected chi connectivity index (χ3v) is 4.29. The van der Waals surface area contributed by atoms with Gasteiger partial charge in [-0.2, -0.15) is 0 Å². The average Bonchev–Trinajstić information content (AvgIpc) is 3.02. The van der Waals surface area contributed by atoms with Crippen molar-refractivity contribution in [3.63, 3.8) is 0 Å². The molecule has 1 unspecified atom stereocenters. The Morgan fingerprint density at radius 1 is 1.12 bits per heavy atom. The van der Waals surface area contributed by atoms with Crippen LogP contribution in [0.15, 0.2) is 40.9 Å². The van der Waals surface area contributed by atoms with E-state index in [0.29, 0.717) is 23.9 Å². The zero-order valence-corrected chi connectivity index (χ0v) is 15.9. The van der Waals surface area contributed by atoms with Crippen LogP contribution in [0.5, 0.6) is 0 Å². The molecular formula is C20H29N3O2. The molecule has 0 aliphatic carbocycles. The fourth-order valence-electron chi connectivity index (χ4n) is 2.93. The Bertz CT molecular complexity index is 667. The molecule has 1 heterocycles. The Labute approximate surface area is 150 Å². The number of aromatic nitrogens is 1. The second-order valence-corrected chi connectivity index (χ2v) is 7.23. The zero-order chi connectivity index (χ0) is 18.4. The quantitative estimate of drug-likeness (QED) is 0.731. The Hall–Kier alpha value is -2.14. The first-order valence-corrected chi connectivity index (χ1v) is 8.82. The van der Waals surface area contributed by atoms with E-state index in [0.717, 1.165) is 13.0 Å². The molecule has 2 rings (SSSR count). The van der Waals surface area contributed by atoms with Gasteiger partial charge in [0, 0.05) is 25.7 Å². The molecule has 0 N–H and O–H groups in total. The van der Waals surface area contributed by atoms with E-state index in [1.165, 1.54) is 5.56 Å². The molecule has 1 aromatic heterocycles. The molecule has 0 aliphatic rings. The normalized spacial score (nSPS) is 12.6. The van der Waals surface area contributed by atoms with Gasteiger partial charge in [0.1, 0.15) is 0 Å². The standard InChI is InChI=1S/C20H29N3O2/c1-15(2)11-16(3)23(5)20(24)19-12-18(25-21-19)14-22(4)13-17-9-7-6-8-10-17/h6-10,12,15-16H,11,13-14H2,1-5H3. The molecular weight excluding hydrogens is 314 g/mol. The topological polar surface area (TPSA) is 49.6 Å². The summed E-state index contributed by atoms with van der Waals surface area (Å²) in [5, 5.41) is 3.97. The maximum atomic E-state index is 12.5. The maximum absolute atomic E-state index is 12.5. The summed E-state index contributed by atoms with van der Waals surface area (Å²) in [7, 11) is 3.85. The highest BCUT2D eigenvalue weighted by atomic mass is 16.5. The Balaban J connectivity index is 1.93. The van der Waals surface area contributed by atoms with Crippen LogP contribution < -0.4 is 0 Å². The summed E-state index contributed by atoms with van der Waals surface area (Å²) in [6.07, 6.45) is 0.965. The van der Waals surface area contributed by atoms with Crippen LogP contribution in [0.3, 0.4) is 0 Å². The van der Waals surface area contributed by atoms with Gasteiger partial charge >= 0.3 is 0 Å². The van der Waals surface area contributed by atoms with Crippen molar-refractivity contribution in [3.05, 3.63) is 53.4 Å². The third-order valence-electron chi connectivity index (χ3n) is 4.29. The van der Waals surface area contributed by atoms with Crippen LogP contribution in [0.2, 0.25) is 0 Å². The van der Waals surface area contributed by atoms with Crippen molar-refractivity contribution < 1.29 is 9.32 Å². The SMILES string of the molecule is CC(C)CC(C)N(C)C(=O)c1cc(CN(C)Cc2ccccc2)on1. The monoisotopic (exact) mass is 343 g/mol. The molecule has 0 aliphatic heterocycles. The molecule has 5 heteroatoms. The third kappa shape index (κ3) is 5.71. The Morgan fingerprint density at radius 3 is 2.44 bits per heavy atom. The van der Waals surface area contributed by atoms with Crippen LogP contribution >= 0.6 is 0 Å². The highest BCUT2D eigenvalue weighted by Crippen LogP contribution is 2.15. The number of carbonyl (C=O) groups is 1. The van der Waals surface area contributed by atoms with Gasteiger partial charge in [-0.15, -0.1) is 0 Å². The first-order chi connectivity index (χ1) is 11.9.